The zero-order chi connectivity index (χ0) is 26.5. The average Bonchev–Trinajstić information content (AvgIpc) is 2.79. The van der Waals surface area contributed by atoms with E-state index in [0.717, 1.165) is 25.9 Å². The molecule has 4 saturated carbocycles. The third kappa shape index (κ3) is 3.15. The maximum Gasteiger partial charge on any atom is 0.178 e. The molecule has 0 aromatic carbocycles. The molecular formula is C33H49NO2. The van der Waals surface area contributed by atoms with E-state index >= 15 is 0 Å². The Hall–Kier alpha value is -1.40. The number of nitriles is 1. The quantitative estimate of drug-likeness (QED) is 0.369. The zero-order valence-corrected chi connectivity index (χ0v) is 24.2. The van der Waals surface area contributed by atoms with Crippen molar-refractivity contribution in [3.05, 3.63) is 23.8 Å². The van der Waals surface area contributed by atoms with Crippen molar-refractivity contribution in [2.75, 3.05) is 13.7 Å². The molecule has 3 nitrogen and oxygen atoms in total. The summed E-state index contributed by atoms with van der Waals surface area (Å²) in [5.41, 5.74) is 2.11. The SMILES string of the molecule is C=C1C[C@@H]2[C@@]3(C)C=C(C#N)C(=O)C(C)(C)[C@@H]3CC[C@@]2(C)[C@]2(C)CC[C@@]3(COC)CCC(C)(C)CC3C12. The minimum Gasteiger partial charge on any atom is -0.384 e. The lowest BCUT2D eigenvalue weighted by molar-refractivity contribution is -0.217. The summed E-state index contributed by atoms with van der Waals surface area (Å²) >= 11 is 0. The van der Waals surface area contributed by atoms with Crippen molar-refractivity contribution >= 4 is 5.78 Å². The van der Waals surface area contributed by atoms with Crippen LogP contribution >= 0.6 is 0 Å². The maximum atomic E-state index is 13.3. The summed E-state index contributed by atoms with van der Waals surface area (Å²) in [6.45, 7) is 22.4. The first-order valence-corrected chi connectivity index (χ1v) is 14.5. The number of ether oxygens (including phenoxy) is 1. The molecule has 0 saturated heterocycles. The molecule has 36 heavy (non-hydrogen) atoms. The van der Waals surface area contributed by atoms with Crippen LogP contribution in [0.1, 0.15) is 99.8 Å². The summed E-state index contributed by atoms with van der Waals surface area (Å²) in [6.07, 6.45) is 11.6. The lowest BCUT2D eigenvalue weighted by Crippen LogP contribution is -2.67. The van der Waals surface area contributed by atoms with E-state index in [1.165, 1.54) is 37.7 Å². The van der Waals surface area contributed by atoms with Gasteiger partial charge in [-0.15, -0.1) is 0 Å². The fourth-order valence-corrected chi connectivity index (χ4v) is 11.2. The Morgan fingerprint density at radius 3 is 2.31 bits per heavy atom. The Balaban J connectivity index is 1.63. The third-order valence-electron chi connectivity index (χ3n) is 13.2. The number of fused-ring (bicyclic) bond motifs is 7. The highest BCUT2D eigenvalue weighted by Gasteiger charge is 2.70. The number of hydrogen-bond acceptors (Lipinski definition) is 3. The molecule has 0 heterocycles. The van der Waals surface area contributed by atoms with Gasteiger partial charge in [-0.1, -0.05) is 66.7 Å². The molecule has 8 atom stereocenters. The van der Waals surface area contributed by atoms with Crippen molar-refractivity contribution in [3.8, 4) is 6.07 Å². The summed E-state index contributed by atoms with van der Waals surface area (Å²) in [5.74, 6) is 1.84. The number of rotatable bonds is 2. The molecule has 5 rings (SSSR count). The van der Waals surface area contributed by atoms with E-state index in [0.29, 0.717) is 28.7 Å². The molecule has 0 spiro atoms. The summed E-state index contributed by atoms with van der Waals surface area (Å²) in [5, 5.41) is 9.94. The normalized spacial score (nSPS) is 49.0. The Morgan fingerprint density at radius 2 is 1.67 bits per heavy atom. The summed E-state index contributed by atoms with van der Waals surface area (Å²) < 4.78 is 5.93. The highest BCUT2D eigenvalue weighted by molar-refractivity contribution is 6.04. The van der Waals surface area contributed by atoms with Crippen LogP contribution in [0.5, 0.6) is 0 Å². The van der Waals surface area contributed by atoms with E-state index < -0.39 is 5.41 Å². The van der Waals surface area contributed by atoms with Crippen LogP contribution in [0, 0.1) is 67.5 Å². The van der Waals surface area contributed by atoms with Crippen molar-refractivity contribution in [1.29, 1.82) is 5.26 Å². The lowest BCUT2D eigenvalue weighted by Gasteiger charge is -2.73. The largest absolute Gasteiger partial charge is 0.384 e. The number of carbonyl (C=O) groups excluding carboxylic acids is 1. The van der Waals surface area contributed by atoms with Gasteiger partial charge in [-0.3, -0.25) is 4.79 Å². The Labute approximate surface area is 220 Å². The molecule has 0 aromatic heterocycles. The van der Waals surface area contributed by atoms with Gasteiger partial charge in [-0.2, -0.15) is 5.26 Å². The topological polar surface area (TPSA) is 50.1 Å². The minimum atomic E-state index is -0.497. The van der Waals surface area contributed by atoms with Gasteiger partial charge in [-0.05, 0) is 102 Å². The number of nitrogens with zero attached hydrogens (tertiary/aromatic N) is 1. The van der Waals surface area contributed by atoms with Gasteiger partial charge in [0.05, 0.1) is 12.2 Å². The van der Waals surface area contributed by atoms with Gasteiger partial charge in [-0.25, -0.2) is 0 Å². The van der Waals surface area contributed by atoms with E-state index in [4.69, 9.17) is 11.3 Å². The van der Waals surface area contributed by atoms with Gasteiger partial charge in [0, 0.05) is 12.5 Å². The van der Waals surface area contributed by atoms with Gasteiger partial charge in [0.1, 0.15) is 6.07 Å². The number of methoxy groups -OCH3 is 1. The molecule has 2 unspecified atom stereocenters. The van der Waals surface area contributed by atoms with Gasteiger partial charge in [0.25, 0.3) is 0 Å². The van der Waals surface area contributed by atoms with Crippen LogP contribution in [0.2, 0.25) is 0 Å². The fourth-order valence-electron chi connectivity index (χ4n) is 11.2. The van der Waals surface area contributed by atoms with Crippen LogP contribution in [-0.4, -0.2) is 19.5 Å². The second kappa shape index (κ2) is 7.81. The smallest absolute Gasteiger partial charge is 0.178 e. The molecule has 0 amide bonds. The van der Waals surface area contributed by atoms with Gasteiger partial charge >= 0.3 is 0 Å². The molecule has 0 aliphatic heterocycles. The average molecular weight is 492 g/mol. The van der Waals surface area contributed by atoms with Crippen LogP contribution in [0.3, 0.4) is 0 Å². The molecule has 5 aliphatic carbocycles. The highest BCUT2D eigenvalue weighted by atomic mass is 16.5. The van der Waals surface area contributed by atoms with Crippen molar-refractivity contribution in [2.45, 2.75) is 99.8 Å². The Morgan fingerprint density at radius 1 is 1.00 bits per heavy atom. The van der Waals surface area contributed by atoms with Gasteiger partial charge in [0.2, 0.25) is 0 Å². The molecule has 3 heteroatoms. The number of ketones is 1. The Bertz CT molecular complexity index is 1060. The zero-order valence-electron chi connectivity index (χ0n) is 24.2. The summed E-state index contributed by atoms with van der Waals surface area (Å²) in [7, 11) is 1.89. The molecule has 0 aromatic rings. The molecule has 0 radical (unpaired) electrons. The first-order chi connectivity index (χ1) is 16.6. The van der Waals surface area contributed by atoms with Crippen molar-refractivity contribution in [2.24, 2.45) is 56.2 Å². The fraction of sp³-hybridized carbons (Fsp3) is 0.818. The maximum absolute atomic E-state index is 13.3. The monoisotopic (exact) mass is 491 g/mol. The van der Waals surface area contributed by atoms with E-state index in [-0.39, 0.29) is 33.4 Å². The van der Waals surface area contributed by atoms with Crippen LogP contribution in [-0.2, 0) is 9.53 Å². The van der Waals surface area contributed by atoms with E-state index in [9.17, 15) is 10.1 Å². The van der Waals surface area contributed by atoms with E-state index in [2.05, 4.69) is 60.6 Å². The van der Waals surface area contributed by atoms with Crippen LogP contribution < -0.4 is 0 Å². The summed E-state index contributed by atoms with van der Waals surface area (Å²) in [6, 6.07) is 2.29. The van der Waals surface area contributed by atoms with Crippen LogP contribution in [0.25, 0.3) is 0 Å². The number of Topliss-reactive ketones (excluding diaryl/α,β-unsaturated/α-hetero) is 1. The summed E-state index contributed by atoms with van der Waals surface area (Å²) in [4.78, 5) is 13.3. The molecular weight excluding hydrogens is 442 g/mol. The predicted octanol–water partition coefficient (Wildman–Crippen LogP) is 7.92. The lowest BCUT2D eigenvalue weighted by atomic mass is 9.31. The highest BCUT2D eigenvalue weighted by Crippen LogP contribution is 2.77. The van der Waals surface area contributed by atoms with Gasteiger partial charge in [0.15, 0.2) is 5.78 Å². The molecule has 0 N–H and O–H groups in total. The number of carbonyl (C=O) groups is 1. The van der Waals surface area contributed by atoms with Crippen LogP contribution in [0.15, 0.2) is 23.8 Å². The van der Waals surface area contributed by atoms with Gasteiger partial charge < -0.3 is 4.74 Å². The van der Waals surface area contributed by atoms with Crippen molar-refractivity contribution in [3.63, 3.8) is 0 Å². The number of hydrogen-bond donors (Lipinski definition) is 0. The predicted molar refractivity (Wildman–Crippen MR) is 145 cm³/mol. The minimum absolute atomic E-state index is 0.0428. The molecule has 4 fully saturated rings. The third-order valence-corrected chi connectivity index (χ3v) is 13.2. The van der Waals surface area contributed by atoms with E-state index in [1.807, 2.05) is 7.11 Å². The molecule has 5 aliphatic rings. The first kappa shape index (κ1) is 26.2. The standard InChI is InChI=1S/C33H49NO2/c1-21-16-25-30(6)17-22(19-34)27(35)29(4,5)24(30)10-11-31(25,7)32(8)13-15-33(20-36-9)14-12-28(2,3)18-23(33)26(21)32/h17,23-26H,1,10-16,18,20H2,2-9H3/t23?,24-,25+,26?,30-,31+,32+,33+/m0/s1. The Kier molecular flexibility index (Phi) is 5.69. The number of allylic oxidation sites excluding steroid dienone is 3. The van der Waals surface area contributed by atoms with Crippen molar-refractivity contribution < 1.29 is 9.53 Å². The van der Waals surface area contributed by atoms with Crippen LogP contribution in [0.4, 0.5) is 0 Å². The molecule has 0 bridgehead atoms. The second-order valence-electron chi connectivity index (χ2n) is 15.7. The second-order valence-corrected chi connectivity index (χ2v) is 15.7. The first-order valence-electron chi connectivity index (χ1n) is 14.5. The van der Waals surface area contributed by atoms with Crippen molar-refractivity contribution in [1.82, 2.24) is 0 Å². The van der Waals surface area contributed by atoms with E-state index in [1.54, 1.807) is 0 Å². The molecule has 198 valence electrons.